The molecule has 62 valence electrons. The van der Waals surface area contributed by atoms with Crippen LogP contribution in [0.15, 0.2) is 31.0 Å². The molecule has 0 saturated carbocycles. The lowest BCUT2D eigenvalue weighted by molar-refractivity contribution is 0.483. The highest BCUT2D eigenvalue weighted by molar-refractivity contribution is 5.49. The van der Waals surface area contributed by atoms with Gasteiger partial charge in [0.05, 0.1) is 17.4 Å². The quantitative estimate of drug-likeness (QED) is 0.637. The van der Waals surface area contributed by atoms with Crippen LogP contribution >= 0.6 is 0 Å². The van der Waals surface area contributed by atoms with Crippen molar-refractivity contribution in [1.29, 1.82) is 10.5 Å². The van der Waals surface area contributed by atoms with Gasteiger partial charge in [-0.15, -0.1) is 0 Å². The van der Waals surface area contributed by atoms with Gasteiger partial charge in [-0.05, 0) is 18.2 Å². The van der Waals surface area contributed by atoms with Crippen LogP contribution in [0.25, 0.3) is 0 Å². The van der Waals surface area contributed by atoms with Crippen molar-refractivity contribution < 1.29 is 4.74 Å². The van der Waals surface area contributed by atoms with E-state index >= 15 is 0 Å². The average molecular weight is 170 g/mol. The Morgan fingerprint density at radius 2 is 1.92 bits per heavy atom. The Hall–Kier alpha value is -2.26. The Morgan fingerprint density at radius 3 is 2.46 bits per heavy atom. The zero-order valence-electron chi connectivity index (χ0n) is 6.82. The third-order valence-electron chi connectivity index (χ3n) is 1.45. The van der Waals surface area contributed by atoms with Crippen LogP contribution in [0, 0.1) is 22.7 Å². The zero-order chi connectivity index (χ0) is 9.68. The number of ether oxygens (including phenoxy) is 1. The van der Waals surface area contributed by atoms with Crippen LogP contribution in [0.3, 0.4) is 0 Å². The molecule has 3 heteroatoms. The second kappa shape index (κ2) is 3.94. The van der Waals surface area contributed by atoms with Gasteiger partial charge in [-0.1, -0.05) is 6.58 Å². The first-order chi connectivity index (χ1) is 6.31. The fourth-order valence-corrected chi connectivity index (χ4v) is 0.883. The number of hydrogen-bond donors (Lipinski definition) is 0. The van der Waals surface area contributed by atoms with Crippen LogP contribution in [-0.2, 0) is 0 Å². The second-order valence-electron chi connectivity index (χ2n) is 2.22. The van der Waals surface area contributed by atoms with Crippen molar-refractivity contribution in [3.63, 3.8) is 0 Å². The first-order valence-corrected chi connectivity index (χ1v) is 3.53. The van der Waals surface area contributed by atoms with Gasteiger partial charge in [0.15, 0.2) is 0 Å². The summed E-state index contributed by atoms with van der Waals surface area (Å²) in [6.07, 6.45) is 1.27. The number of nitriles is 2. The fourth-order valence-electron chi connectivity index (χ4n) is 0.883. The predicted molar refractivity (Wildman–Crippen MR) is 46.7 cm³/mol. The summed E-state index contributed by atoms with van der Waals surface area (Å²) in [5, 5.41) is 17.3. The molecule has 0 bridgehead atoms. The molecule has 0 N–H and O–H groups in total. The maximum atomic E-state index is 8.66. The molecule has 13 heavy (non-hydrogen) atoms. The van der Waals surface area contributed by atoms with Gasteiger partial charge >= 0.3 is 0 Å². The molecule has 0 unspecified atom stereocenters. The van der Waals surface area contributed by atoms with Gasteiger partial charge in [-0.25, -0.2) is 0 Å². The summed E-state index contributed by atoms with van der Waals surface area (Å²) in [4.78, 5) is 0. The van der Waals surface area contributed by atoms with Gasteiger partial charge < -0.3 is 4.74 Å². The van der Waals surface area contributed by atoms with E-state index in [1.165, 1.54) is 18.4 Å². The summed E-state index contributed by atoms with van der Waals surface area (Å²) >= 11 is 0. The molecule has 0 spiro atoms. The molecule has 0 atom stereocenters. The average Bonchev–Trinajstić information content (AvgIpc) is 2.18. The first kappa shape index (κ1) is 8.83. The van der Waals surface area contributed by atoms with Gasteiger partial charge in [0.25, 0.3) is 0 Å². The first-order valence-electron chi connectivity index (χ1n) is 3.53. The van der Waals surface area contributed by atoms with E-state index in [-0.39, 0.29) is 0 Å². The number of nitrogens with zero attached hydrogens (tertiary/aromatic N) is 2. The third kappa shape index (κ3) is 1.85. The molecule has 0 aromatic heterocycles. The standard InChI is InChI=1S/C10H6N2O/c1-2-13-10-4-3-8(6-11)9(5-10)7-12/h2-5H,1H2. The Bertz CT molecular complexity index is 410. The molecular weight excluding hydrogens is 164 g/mol. The summed E-state index contributed by atoms with van der Waals surface area (Å²) in [5.41, 5.74) is 0.653. The molecule has 0 saturated heterocycles. The van der Waals surface area contributed by atoms with Crippen molar-refractivity contribution in [2.45, 2.75) is 0 Å². The summed E-state index contributed by atoms with van der Waals surface area (Å²) in [5.74, 6) is 0.505. The van der Waals surface area contributed by atoms with Gasteiger partial charge in [0.2, 0.25) is 0 Å². The van der Waals surface area contributed by atoms with E-state index in [1.54, 1.807) is 6.07 Å². The molecule has 0 aliphatic heterocycles. The number of rotatable bonds is 2. The summed E-state index contributed by atoms with van der Waals surface area (Å²) in [6, 6.07) is 8.47. The minimum absolute atomic E-state index is 0.307. The highest BCUT2D eigenvalue weighted by Gasteiger charge is 2.02. The molecule has 1 rings (SSSR count). The maximum absolute atomic E-state index is 8.66. The molecule has 0 amide bonds. The summed E-state index contributed by atoms with van der Waals surface area (Å²) in [7, 11) is 0. The van der Waals surface area contributed by atoms with E-state index in [2.05, 4.69) is 6.58 Å². The molecule has 1 aromatic carbocycles. The minimum Gasteiger partial charge on any atom is -0.466 e. The van der Waals surface area contributed by atoms with Crippen molar-refractivity contribution in [3.05, 3.63) is 42.2 Å². The highest BCUT2D eigenvalue weighted by atomic mass is 16.5. The van der Waals surface area contributed by atoms with Crippen molar-refractivity contribution in [2.24, 2.45) is 0 Å². The van der Waals surface area contributed by atoms with E-state index in [0.29, 0.717) is 16.9 Å². The Kier molecular flexibility index (Phi) is 2.68. The Labute approximate surface area is 76.1 Å². The van der Waals surface area contributed by atoms with E-state index in [4.69, 9.17) is 15.3 Å². The zero-order valence-corrected chi connectivity index (χ0v) is 6.82. The molecule has 0 aliphatic rings. The van der Waals surface area contributed by atoms with Crippen LogP contribution in [0.5, 0.6) is 5.75 Å². The number of benzene rings is 1. The lowest BCUT2D eigenvalue weighted by Crippen LogP contribution is -1.86. The smallest absolute Gasteiger partial charge is 0.127 e. The SMILES string of the molecule is C=COc1ccc(C#N)c(C#N)c1. The van der Waals surface area contributed by atoms with Gasteiger partial charge in [-0.2, -0.15) is 10.5 Å². The molecule has 0 heterocycles. The minimum atomic E-state index is 0.307. The van der Waals surface area contributed by atoms with Gasteiger partial charge in [0.1, 0.15) is 17.9 Å². The van der Waals surface area contributed by atoms with Crippen LogP contribution in [0.2, 0.25) is 0 Å². The summed E-state index contributed by atoms with van der Waals surface area (Å²) in [6.45, 7) is 3.38. The lowest BCUT2D eigenvalue weighted by atomic mass is 10.1. The fraction of sp³-hybridized carbons (Fsp3) is 0. The van der Waals surface area contributed by atoms with E-state index < -0.39 is 0 Å². The van der Waals surface area contributed by atoms with E-state index in [0.717, 1.165) is 0 Å². The van der Waals surface area contributed by atoms with Crippen LogP contribution in [0.4, 0.5) is 0 Å². The van der Waals surface area contributed by atoms with Crippen molar-refractivity contribution in [3.8, 4) is 17.9 Å². The summed E-state index contributed by atoms with van der Waals surface area (Å²) < 4.78 is 4.95. The van der Waals surface area contributed by atoms with Crippen LogP contribution in [-0.4, -0.2) is 0 Å². The van der Waals surface area contributed by atoms with E-state index in [1.807, 2.05) is 12.1 Å². The number of hydrogen-bond acceptors (Lipinski definition) is 3. The molecular formula is C10H6N2O. The lowest BCUT2D eigenvalue weighted by Gasteiger charge is -1.99. The third-order valence-corrected chi connectivity index (χ3v) is 1.45. The Balaban J connectivity index is 3.16. The van der Waals surface area contributed by atoms with Gasteiger partial charge in [-0.3, -0.25) is 0 Å². The molecule has 3 nitrogen and oxygen atoms in total. The van der Waals surface area contributed by atoms with E-state index in [9.17, 15) is 0 Å². The maximum Gasteiger partial charge on any atom is 0.127 e. The normalized spacial score (nSPS) is 8.15. The highest BCUT2D eigenvalue weighted by Crippen LogP contribution is 2.16. The topological polar surface area (TPSA) is 56.8 Å². The van der Waals surface area contributed by atoms with Crippen molar-refractivity contribution in [1.82, 2.24) is 0 Å². The van der Waals surface area contributed by atoms with Crippen molar-refractivity contribution in [2.75, 3.05) is 0 Å². The molecule has 0 fully saturated rings. The predicted octanol–water partition coefficient (Wildman–Crippen LogP) is 1.95. The van der Waals surface area contributed by atoms with Crippen molar-refractivity contribution >= 4 is 0 Å². The van der Waals surface area contributed by atoms with Crippen LogP contribution < -0.4 is 4.74 Å². The largest absolute Gasteiger partial charge is 0.466 e. The second-order valence-corrected chi connectivity index (χ2v) is 2.22. The molecule has 1 aromatic rings. The molecule has 0 radical (unpaired) electrons. The van der Waals surface area contributed by atoms with Crippen LogP contribution in [0.1, 0.15) is 11.1 Å². The molecule has 0 aliphatic carbocycles. The Morgan fingerprint density at radius 1 is 1.23 bits per heavy atom. The van der Waals surface area contributed by atoms with Gasteiger partial charge in [0, 0.05) is 0 Å². The monoisotopic (exact) mass is 170 g/mol.